The number of benzene rings is 2. The Balaban J connectivity index is 1.99. The summed E-state index contributed by atoms with van der Waals surface area (Å²) >= 11 is 3.33. The van der Waals surface area contributed by atoms with E-state index in [4.69, 9.17) is 10.3 Å². The van der Waals surface area contributed by atoms with Crippen LogP contribution < -0.4 is 5.73 Å². The highest BCUT2D eigenvalue weighted by atomic mass is 79.9. The SMILES string of the molecule is Nc1cc(-c2nc(-c3cccc(O)c3)no2)ccc1Br. The van der Waals surface area contributed by atoms with Crippen LogP contribution in [0.15, 0.2) is 51.5 Å². The van der Waals surface area contributed by atoms with E-state index in [1.54, 1.807) is 30.3 Å². The summed E-state index contributed by atoms with van der Waals surface area (Å²) in [7, 11) is 0. The highest BCUT2D eigenvalue weighted by molar-refractivity contribution is 9.10. The number of phenolic OH excluding ortho intramolecular Hbond substituents is 1. The van der Waals surface area contributed by atoms with Gasteiger partial charge in [-0.15, -0.1) is 0 Å². The molecule has 0 amide bonds. The van der Waals surface area contributed by atoms with E-state index in [0.717, 1.165) is 10.0 Å². The smallest absolute Gasteiger partial charge is 0.258 e. The summed E-state index contributed by atoms with van der Waals surface area (Å²) in [5.41, 5.74) is 7.85. The first-order chi connectivity index (χ1) is 9.63. The number of anilines is 1. The standard InChI is InChI=1S/C14H10BrN3O2/c15-11-5-4-9(7-12(11)16)14-17-13(18-20-14)8-2-1-3-10(19)6-8/h1-7,19H,16H2. The second kappa shape index (κ2) is 4.97. The number of nitrogen functional groups attached to an aromatic ring is 1. The van der Waals surface area contributed by atoms with Crippen LogP contribution in [0.3, 0.4) is 0 Å². The van der Waals surface area contributed by atoms with Gasteiger partial charge in [0.05, 0.1) is 0 Å². The molecule has 6 heteroatoms. The molecule has 0 saturated heterocycles. The molecule has 0 radical (unpaired) electrons. The van der Waals surface area contributed by atoms with Crippen molar-refractivity contribution in [1.82, 2.24) is 10.1 Å². The summed E-state index contributed by atoms with van der Waals surface area (Å²) in [6.07, 6.45) is 0. The number of aromatic hydroxyl groups is 1. The fourth-order valence-corrected chi connectivity index (χ4v) is 2.03. The van der Waals surface area contributed by atoms with E-state index < -0.39 is 0 Å². The molecular formula is C14H10BrN3O2. The predicted molar refractivity (Wildman–Crippen MR) is 78.9 cm³/mol. The summed E-state index contributed by atoms with van der Waals surface area (Å²) in [5.74, 6) is 0.946. The summed E-state index contributed by atoms with van der Waals surface area (Å²) in [6.45, 7) is 0. The monoisotopic (exact) mass is 331 g/mol. The third-order valence-electron chi connectivity index (χ3n) is 2.77. The summed E-state index contributed by atoms with van der Waals surface area (Å²) in [5, 5.41) is 13.4. The highest BCUT2D eigenvalue weighted by Crippen LogP contribution is 2.28. The highest BCUT2D eigenvalue weighted by Gasteiger charge is 2.11. The van der Waals surface area contributed by atoms with Gasteiger partial charge in [0.2, 0.25) is 5.82 Å². The van der Waals surface area contributed by atoms with Gasteiger partial charge in [0, 0.05) is 21.3 Å². The van der Waals surface area contributed by atoms with Crippen molar-refractivity contribution < 1.29 is 9.63 Å². The lowest BCUT2D eigenvalue weighted by Crippen LogP contribution is -1.87. The lowest BCUT2D eigenvalue weighted by molar-refractivity contribution is 0.432. The average Bonchev–Trinajstić information content (AvgIpc) is 2.92. The predicted octanol–water partition coefficient (Wildman–Crippen LogP) is 3.45. The molecule has 20 heavy (non-hydrogen) atoms. The van der Waals surface area contributed by atoms with Crippen molar-refractivity contribution in [3.63, 3.8) is 0 Å². The van der Waals surface area contributed by atoms with Crippen molar-refractivity contribution in [2.24, 2.45) is 0 Å². The second-order valence-corrected chi connectivity index (χ2v) is 5.06. The van der Waals surface area contributed by atoms with Gasteiger partial charge >= 0.3 is 0 Å². The van der Waals surface area contributed by atoms with Crippen molar-refractivity contribution in [2.75, 3.05) is 5.73 Å². The van der Waals surface area contributed by atoms with Crippen LogP contribution in [-0.2, 0) is 0 Å². The Morgan fingerprint density at radius 2 is 1.95 bits per heavy atom. The number of rotatable bonds is 2. The molecule has 0 bridgehead atoms. The molecule has 100 valence electrons. The Kier molecular flexibility index (Phi) is 3.15. The molecule has 0 fully saturated rings. The first-order valence-corrected chi connectivity index (χ1v) is 6.61. The zero-order chi connectivity index (χ0) is 14.1. The minimum Gasteiger partial charge on any atom is -0.508 e. The van der Waals surface area contributed by atoms with Gasteiger partial charge in [-0.3, -0.25) is 0 Å². The normalized spacial score (nSPS) is 10.7. The average molecular weight is 332 g/mol. The second-order valence-electron chi connectivity index (χ2n) is 4.21. The van der Waals surface area contributed by atoms with Crippen LogP contribution in [0, 0.1) is 0 Å². The number of nitrogens with two attached hydrogens (primary N) is 1. The van der Waals surface area contributed by atoms with Gasteiger partial charge in [-0.25, -0.2) is 0 Å². The molecular weight excluding hydrogens is 322 g/mol. The largest absolute Gasteiger partial charge is 0.508 e. The first kappa shape index (κ1) is 12.7. The van der Waals surface area contributed by atoms with E-state index in [0.29, 0.717) is 23.0 Å². The van der Waals surface area contributed by atoms with Crippen molar-refractivity contribution in [1.29, 1.82) is 0 Å². The molecule has 3 N–H and O–H groups in total. The Bertz CT molecular complexity index is 771. The number of hydrogen-bond donors (Lipinski definition) is 2. The minimum absolute atomic E-state index is 0.154. The molecule has 2 aromatic carbocycles. The summed E-state index contributed by atoms with van der Waals surface area (Å²) < 4.78 is 6.04. The van der Waals surface area contributed by atoms with Gasteiger partial charge in [0.25, 0.3) is 5.89 Å². The molecule has 0 aliphatic heterocycles. The zero-order valence-corrected chi connectivity index (χ0v) is 11.8. The van der Waals surface area contributed by atoms with Crippen LogP contribution in [0.1, 0.15) is 0 Å². The van der Waals surface area contributed by atoms with Gasteiger partial charge in [-0.1, -0.05) is 17.3 Å². The van der Waals surface area contributed by atoms with E-state index >= 15 is 0 Å². The number of nitrogens with zero attached hydrogens (tertiary/aromatic N) is 2. The van der Waals surface area contributed by atoms with Crippen molar-refractivity contribution in [2.45, 2.75) is 0 Å². The third-order valence-corrected chi connectivity index (χ3v) is 3.50. The summed E-state index contributed by atoms with van der Waals surface area (Å²) in [4.78, 5) is 4.30. The molecule has 3 aromatic rings. The molecule has 5 nitrogen and oxygen atoms in total. The Morgan fingerprint density at radius 1 is 1.10 bits per heavy atom. The molecule has 0 aliphatic carbocycles. The van der Waals surface area contributed by atoms with E-state index in [1.165, 1.54) is 0 Å². The van der Waals surface area contributed by atoms with Crippen LogP contribution in [0.5, 0.6) is 5.75 Å². The molecule has 0 saturated carbocycles. The number of halogens is 1. The van der Waals surface area contributed by atoms with Crippen LogP contribution in [0.4, 0.5) is 5.69 Å². The Morgan fingerprint density at radius 3 is 2.70 bits per heavy atom. The number of phenols is 1. The molecule has 0 spiro atoms. The minimum atomic E-state index is 0.154. The van der Waals surface area contributed by atoms with Gasteiger partial charge in [-0.2, -0.15) is 4.98 Å². The van der Waals surface area contributed by atoms with E-state index in [9.17, 15) is 5.11 Å². The molecule has 1 aromatic heterocycles. The maximum absolute atomic E-state index is 9.46. The zero-order valence-electron chi connectivity index (χ0n) is 10.2. The van der Waals surface area contributed by atoms with Crippen molar-refractivity contribution in [3.05, 3.63) is 46.9 Å². The van der Waals surface area contributed by atoms with Crippen LogP contribution >= 0.6 is 15.9 Å². The van der Waals surface area contributed by atoms with Gasteiger partial charge in [-0.05, 0) is 46.3 Å². The Labute approximate surface area is 123 Å². The van der Waals surface area contributed by atoms with Crippen LogP contribution in [0.2, 0.25) is 0 Å². The topological polar surface area (TPSA) is 85.2 Å². The van der Waals surface area contributed by atoms with Gasteiger partial charge in [0.1, 0.15) is 5.75 Å². The Hall–Kier alpha value is -2.34. The van der Waals surface area contributed by atoms with Gasteiger partial charge in [0.15, 0.2) is 0 Å². The molecule has 1 heterocycles. The van der Waals surface area contributed by atoms with E-state index in [-0.39, 0.29) is 5.75 Å². The maximum Gasteiger partial charge on any atom is 0.258 e. The lowest BCUT2D eigenvalue weighted by atomic mass is 10.2. The molecule has 0 unspecified atom stereocenters. The first-order valence-electron chi connectivity index (χ1n) is 5.82. The molecule has 3 rings (SSSR count). The van der Waals surface area contributed by atoms with Crippen molar-refractivity contribution in [3.8, 4) is 28.6 Å². The van der Waals surface area contributed by atoms with Crippen molar-refractivity contribution >= 4 is 21.6 Å². The number of aromatic nitrogens is 2. The lowest BCUT2D eigenvalue weighted by Gasteiger charge is -1.99. The summed E-state index contributed by atoms with van der Waals surface area (Å²) in [6, 6.07) is 12.1. The van der Waals surface area contributed by atoms with E-state index in [1.807, 2.05) is 12.1 Å². The van der Waals surface area contributed by atoms with E-state index in [2.05, 4.69) is 26.1 Å². The fraction of sp³-hybridized carbons (Fsp3) is 0. The quantitative estimate of drug-likeness (QED) is 0.702. The van der Waals surface area contributed by atoms with Crippen LogP contribution in [-0.4, -0.2) is 15.2 Å². The van der Waals surface area contributed by atoms with Gasteiger partial charge < -0.3 is 15.4 Å². The fourth-order valence-electron chi connectivity index (χ4n) is 1.78. The third kappa shape index (κ3) is 2.37. The molecule has 0 atom stereocenters. The molecule has 0 aliphatic rings. The number of hydrogen-bond acceptors (Lipinski definition) is 5. The van der Waals surface area contributed by atoms with Crippen LogP contribution in [0.25, 0.3) is 22.8 Å². The maximum atomic E-state index is 9.46.